The lowest BCUT2D eigenvalue weighted by Gasteiger charge is -2.52. The Labute approximate surface area is 138 Å². The van der Waals surface area contributed by atoms with Gasteiger partial charge in [0, 0.05) is 31.4 Å². The molecule has 2 aliphatic heterocycles. The zero-order chi connectivity index (χ0) is 16.4. The van der Waals surface area contributed by atoms with Gasteiger partial charge < -0.3 is 14.4 Å². The largest absolute Gasteiger partial charge is 0.460 e. The van der Waals surface area contributed by atoms with E-state index in [-0.39, 0.29) is 17.6 Å². The number of aromatic nitrogens is 4. The second-order valence-electron chi connectivity index (χ2n) is 6.05. The number of carbonyl (C=O) groups is 1. The van der Waals surface area contributed by atoms with Crippen molar-refractivity contribution in [2.24, 2.45) is 0 Å². The van der Waals surface area contributed by atoms with E-state index in [1.807, 2.05) is 0 Å². The molecule has 2 aliphatic rings. The van der Waals surface area contributed by atoms with E-state index in [9.17, 15) is 4.79 Å². The highest BCUT2D eigenvalue weighted by molar-refractivity contribution is 5.92. The minimum Gasteiger partial charge on any atom is -0.460 e. The van der Waals surface area contributed by atoms with E-state index in [1.165, 1.54) is 6.33 Å². The van der Waals surface area contributed by atoms with Crippen LogP contribution in [0.15, 0.2) is 37.1 Å². The first-order valence-electron chi connectivity index (χ1n) is 7.87. The van der Waals surface area contributed by atoms with Crippen molar-refractivity contribution < 1.29 is 14.3 Å². The monoisotopic (exact) mass is 327 g/mol. The molecule has 0 radical (unpaired) electrons. The Kier molecular flexibility index (Phi) is 3.81. The van der Waals surface area contributed by atoms with Crippen molar-refractivity contribution in [3.63, 3.8) is 0 Å². The van der Waals surface area contributed by atoms with E-state index >= 15 is 0 Å². The second-order valence-corrected chi connectivity index (χ2v) is 6.05. The highest BCUT2D eigenvalue weighted by Crippen LogP contribution is 2.35. The molecule has 0 bridgehead atoms. The maximum atomic E-state index is 12.4. The summed E-state index contributed by atoms with van der Waals surface area (Å²) in [7, 11) is 0. The molecule has 0 unspecified atom stereocenters. The van der Waals surface area contributed by atoms with Crippen LogP contribution in [0, 0.1) is 0 Å². The number of ether oxygens (including phenoxy) is 2. The summed E-state index contributed by atoms with van der Waals surface area (Å²) in [5.74, 6) is -0.0962. The predicted molar refractivity (Wildman–Crippen MR) is 82.3 cm³/mol. The minimum absolute atomic E-state index is 0.00236. The maximum absolute atomic E-state index is 12.4. The average Bonchev–Trinajstić information content (AvgIpc) is 2.61. The number of nitrogens with zero attached hydrogens (tertiary/aromatic N) is 5. The van der Waals surface area contributed by atoms with Crippen molar-refractivity contribution in [1.29, 1.82) is 0 Å². The van der Waals surface area contributed by atoms with Gasteiger partial charge in [-0.2, -0.15) is 0 Å². The van der Waals surface area contributed by atoms with E-state index in [2.05, 4.69) is 19.9 Å². The van der Waals surface area contributed by atoms with Gasteiger partial charge in [-0.15, -0.1) is 0 Å². The normalized spacial score (nSPS) is 22.0. The Bertz CT molecular complexity index is 706. The summed E-state index contributed by atoms with van der Waals surface area (Å²) in [4.78, 5) is 30.1. The molecule has 24 heavy (non-hydrogen) atoms. The summed E-state index contributed by atoms with van der Waals surface area (Å²) in [6.07, 6.45) is 7.77. The average molecular weight is 327 g/mol. The fourth-order valence-corrected chi connectivity index (χ4v) is 3.17. The van der Waals surface area contributed by atoms with Crippen LogP contribution in [0.25, 0.3) is 0 Å². The van der Waals surface area contributed by atoms with Gasteiger partial charge in [0.2, 0.25) is 0 Å². The summed E-state index contributed by atoms with van der Waals surface area (Å²) in [6.45, 7) is 1.70. The van der Waals surface area contributed by atoms with E-state index in [1.54, 1.807) is 35.6 Å². The molecule has 0 aliphatic carbocycles. The van der Waals surface area contributed by atoms with Gasteiger partial charge in [-0.25, -0.2) is 19.9 Å². The molecular formula is C16H17N5O3. The van der Waals surface area contributed by atoms with Crippen molar-refractivity contribution in [2.75, 3.05) is 19.7 Å². The van der Waals surface area contributed by atoms with Crippen molar-refractivity contribution in [1.82, 2.24) is 24.8 Å². The quantitative estimate of drug-likeness (QED) is 0.820. The zero-order valence-electron chi connectivity index (χ0n) is 13.0. The highest BCUT2D eigenvalue weighted by atomic mass is 16.5. The Hall–Kier alpha value is -2.61. The lowest BCUT2D eigenvalue weighted by Crippen LogP contribution is -2.67. The Balaban J connectivity index is 1.36. The van der Waals surface area contributed by atoms with Crippen LogP contribution in [0.1, 0.15) is 23.3 Å². The predicted octanol–water partition coefficient (Wildman–Crippen LogP) is 0.719. The zero-order valence-corrected chi connectivity index (χ0v) is 13.0. The number of rotatable bonds is 3. The van der Waals surface area contributed by atoms with Gasteiger partial charge in [0.05, 0.1) is 19.7 Å². The standard InChI is InChI=1S/C16H17N5O3/c22-14(13-2-6-17-11-20-13)21-9-16(10-21)8-12(3-7-23-16)24-15-18-4-1-5-19-15/h1-2,4-6,11-12H,3,7-10H2/t12-/m0/s1. The van der Waals surface area contributed by atoms with Crippen molar-refractivity contribution >= 4 is 5.91 Å². The first-order valence-corrected chi connectivity index (χ1v) is 7.87. The number of likely N-dealkylation sites (tertiary alicyclic amines) is 1. The third-order valence-corrected chi connectivity index (χ3v) is 4.31. The van der Waals surface area contributed by atoms with Gasteiger partial charge in [0.15, 0.2) is 0 Å². The number of hydrogen-bond acceptors (Lipinski definition) is 7. The highest BCUT2D eigenvalue weighted by Gasteiger charge is 2.50. The molecule has 2 saturated heterocycles. The summed E-state index contributed by atoms with van der Waals surface area (Å²) in [5.41, 5.74) is 0.0709. The van der Waals surface area contributed by atoms with Gasteiger partial charge in [-0.05, 0) is 12.1 Å². The van der Waals surface area contributed by atoms with Crippen LogP contribution < -0.4 is 4.74 Å². The molecule has 1 spiro atoms. The van der Waals surface area contributed by atoms with Crippen molar-refractivity contribution in [3.8, 4) is 6.01 Å². The van der Waals surface area contributed by atoms with Crippen LogP contribution in [0.5, 0.6) is 6.01 Å². The van der Waals surface area contributed by atoms with Crippen LogP contribution >= 0.6 is 0 Å². The third-order valence-electron chi connectivity index (χ3n) is 4.31. The molecule has 2 aromatic rings. The molecule has 4 heterocycles. The van der Waals surface area contributed by atoms with Crippen molar-refractivity contribution in [3.05, 3.63) is 42.7 Å². The number of hydrogen-bond donors (Lipinski definition) is 0. The van der Waals surface area contributed by atoms with Gasteiger partial charge >= 0.3 is 6.01 Å². The first-order chi connectivity index (χ1) is 11.7. The fourth-order valence-electron chi connectivity index (χ4n) is 3.17. The maximum Gasteiger partial charge on any atom is 0.316 e. The van der Waals surface area contributed by atoms with E-state index in [4.69, 9.17) is 9.47 Å². The molecule has 4 rings (SSSR count). The molecular weight excluding hydrogens is 310 g/mol. The Morgan fingerprint density at radius 1 is 1.25 bits per heavy atom. The molecule has 2 aromatic heterocycles. The molecule has 124 valence electrons. The molecule has 0 aromatic carbocycles. The van der Waals surface area contributed by atoms with E-state index < -0.39 is 0 Å². The lowest BCUT2D eigenvalue weighted by atomic mass is 9.84. The Morgan fingerprint density at radius 2 is 2.08 bits per heavy atom. The van der Waals surface area contributed by atoms with Crippen molar-refractivity contribution in [2.45, 2.75) is 24.5 Å². The Morgan fingerprint density at radius 3 is 2.83 bits per heavy atom. The molecule has 0 N–H and O–H groups in total. The molecule has 1 atom stereocenters. The molecule has 1 amide bonds. The molecule has 0 saturated carbocycles. The van der Waals surface area contributed by atoms with Gasteiger partial charge in [0.25, 0.3) is 5.91 Å². The van der Waals surface area contributed by atoms with Gasteiger partial charge in [-0.3, -0.25) is 4.79 Å². The SMILES string of the molecule is O=C(c1ccncn1)N1CC2(C[C@@H](Oc3ncccn3)CCO2)C1. The summed E-state index contributed by atoms with van der Waals surface area (Å²) in [5, 5.41) is 0. The van der Waals surface area contributed by atoms with Gasteiger partial charge in [0.1, 0.15) is 23.7 Å². The summed E-state index contributed by atoms with van der Waals surface area (Å²) >= 11 is 0. The molecule has 8 nitrogen and oxygen atoms in total. The van der Waals surface area contributed by atoms with Crippen LogP contribution in [0.4, 0.5) is 0 Å². The van der Waals surface area contributed by atoms with Crippen LogP contribution in [-0.2, 0) is 4.74 Å². The number of carbonyl (C=O) groups excluding carboxylic acids is 1. The minimum atomic E-state index is -0.333. The third kappa shape index (κ3) is 2.92. The van der Waals surface area contributed by atoms with Crippen LogP contribution in [0.2, 0.25) is 0 Å². The van der Waals surface area contributed by atoms with Gasteiger partial charge in [-0.1, -0.05) is 0 Å². The fraction of sp³-hybridized carbons (Fsp3) is 0.438. The topological polar surface area (TPSA) is 90.3 Å². The summed E-state index contributed by atoms with van der Waals surface area (Å²) < 4.78 is 11.8. The second kappa shape index (κ2) is 6.12. The van der Waals surface area contributed by atoms with E-state index in [0.717, 1.165) is 12.8 Å². The smallest absolute Gasteiger partial charge is 0.316 e. The molecule has 2 fully saturated rings. The summed E-state index contributed by atoms with van der Waals surface area (Å²) in [6, 6.07) is 3.75. The van der Waals surface area contributed by atoms with Crippen LogP contribution in [0.3, 0.4) is 0 Å². The molecule has 8 heteroatoms. The lowest BCUT2D eigenvalue weighted by molar-refractivity contribution is -0.174. The van der Waals surface area contributed by atoms with Crippen LogP contribution in [-0.4, -0.2) is 62.1 Å². The number of amides is 1. The first kappa shape index (κ1) is 14.9. The van der Waals surface area contributed by atoms with E-state index in [0.29, 0.717) is 31.4 Å².